The second kappa shape index (κ2) is 8.56. The Kier molecular flexibility index (Phi) is 7.47. The molecule has 0 radical (unpaired) electrons. The molecule has 0 saturated carbocycles. The number of carbonyl (C=O) groups is 1. The molecule has 1 aromatic rings. The highest BCUT2D eigenvalue weighted by atomic mass is 28.4. The number of hydrogen-bond acceptors (Lipinski definition) is 4. The molecule has 0 saturated heterocycles. The molecular formula is C18H29F2NO4Si. The Morgan fingerprint density at radius 3 is 2.27 bits per heavy atom. The lowest BCUT2D eigenvalue weighted by molar-refractivity contribution is 0.00176. The maximum Gasteiger partial charge on any atom is 0.251 e. The number of nitrogens with one attached hydrogen (secondary N) is 1. The number of aliphatic hydroxyl groups excluding tert-OH is 2. The lowest BCUT2D eigenvalue weighted by Crippen LogP contribution is -2.56. The van der Waals surface area contributed by atoms with Gasteiger partial charge < -0.3 is 20.0 Å². The third-order valence-electron chi connectivity index (χ3n) is 4.80. The summed E-state index contributed by atoms with van der Waals surface area (Å²) in [6.07, 6.45) is -1.79. The van der Waals surface area contributed by atoms with E-state index < -0.39 is 50.7 Å². The lowest BCUT2D eigenvalue weighted by Gasteiger charge is -2.42. The largest absolute Gasteiger partial charge is 0.409 e. The molecule has 1 rings (SSSR count). The quantitative estimate of drug-likeness (QED) is 0.627. The van der Waals surface area contributed by atoms with Crippen LogP contribution >= 0.6 is 0 Å². The summed E-state index contributed by atoms with van der Waals surface area (Å²) >= 11 is 0. The van der Waals surface area contributed by atoms with Crippen LogP contribution in [0.1, 0.15) is 38.1 Å². The predicted molar refractivity (Wildman–Crippen MR) is 98.4 cm³/mol. The predicted octanol–water partition coefficient (Wildman–Crippen LogP) is 2.83. The molecule has 0 aliphatic heterocycles. The van der Waals surface area contributed by atoms with Gasteiger partial charge in [0.05, 0.1) is 24.9 Å². The summed E-state index contributed by atoms with van der Waals surface area (Å²) in [7, 11) is -2.29. The molecule has 0 spiro atoms. The summed E-state index contributed by atoms with van der Waals surface area (Å²) in [5, 5.41) is 22.3. The van der Waals surface area contributed by atoms with Gasteiger partial charge >= 0.3 is 0 Å². The molecule has 0 aliphatic rings. The molecule has 0 aromatic heterocycles. The van der Waals surface area contributed by atoms with Crippen LogP contribution in [0.15, 0.2) is 18.2 Å². The molecule has 1 unspecified atom stereocenters. The first kappa shape index (κ1) is 22.7. The van der Waals surface area contributed by atoms with Crippen molar-refractivity contribution in [1.29, 1.82) is 0 Å². The summed E-state index contributed by atoms with van der Waals surface area (Å²) in [5.41, 5.74) is -0.0842. The van der Waals surface area contributed by atoms with Crippen molar-refractivity contribution in [3.8, 4) is 0 Å². The van der Waals surface area contributed by atoms with Gasteiger partial charge in [-0.1, -0.05) is 20.8 Å². The van der Waals surface area contributed by atoms with E-state index in [1.807, 2.05) is 33.9 Å². The first-order valence-electron chi connectivity index (χ1n) is 8.53. The van der Waals surface area contributed by atoms with E-state index in [1.54, 1.807) is 0 Å². The van der Waals surface area contributed by atoms with E-state index in [4.69, 9.17) is 4.43 Å². The number of carbonyl (C=O) groups excluding carboxylic acids is 1. The standard InChI is InChI=1S/C18H29F2NO4Si/c1-11(23)16(25-26(5,6)18(2,3)4)15(10-22)21-17(24)12-7-8-13(19)14(20)9-12/h7-9,11,15-16,22-23H,10H2,1-6H3,(H,21,24)/t11-,15+,16?/m1/s1. The molecule has 0 bridgehead atoms. The maximum absolute atomic E-state index is 13.3. The molecule has 1 aromatic carbocycles. The molecule has 5 nitrogen and oxygen atoms in total. The number of aliphatic hydroxyl groups is 2. The number of rotatable bonds is 7. The minimum atomic E-state index is -2.29. The van der Waals surface area contributed by atoms with Crippen LogP contribution in [0.3, 0.4) is 0 Å². The van der Waals surface area contributed by atoms with Crippen LogP contribution in [0.4, 0.5) is 8.78 Å². The molecule has 26 heavy (non-hydrogen) atoms. The zero-order chi connectivity index (χ0) is 20.3. The van der Waals surface area contributed by atoms with Crippen LogP contribution in [0, 0.1) is 11.6 Å². The SMILES string of the molecule is C[C@@H](O)C(O[Si](C)(C)C(C)(C)C)[C@H](CO)NC(=O)c1ccc(F)c(F)c1. The average molecular weight is 390 g/mol. The van der Waals surface area contributed by atoms with Gasteiger partial charge in [0.15, 0.2) is 20.0 Å². The Balaban J connectivity index is 3.01. The summed E-state index contributed by atoms with van der Waals surface area (Å²) in [4.78, 5) is 12.3. The van der Waals surface area contributed by atoms with Crippen LogP contribution in [0.5, 0.6) is 0 Å². The lowest BCUT2D eigenvalue weighted by atomic mass is 10.1. The monoisotopic (exact) mass is 389 g/mol. The van der Waals surface area contributed by atoms with Crippen molar-refractivity contribution < 1.29 is 28.2 Å². The van der Waals surface area contributed by atoms with Gasteiger partial charge in [0, 0.05) is 5.56 Å². The summed E-state index contributed by atoms with van der Waals surface area (Å²) in [6.45, 7) is 11.1. The van der Waals surface area contributed by atoms with Gasteiger partial charge in [-0.15, -0.1) is 0 Å². The van der Waals surface area contributed by atoms with Crippen molar-refractivity contribution >= 4 is 14.2 Å². The van der Waals surface area contributed by atoms with Crippen molar-refractivity contribution in [3.05, 3.63) is 35.4 Å². The minimum absolute atomic E-state index is 0.0842. The second-order valence-corrected chi connectivity index (χ2v) is 12.7. The molecule has 3 atom stereocenters. The van der Waals surface area contributed by atoms with Crippen LogP contribution in [0.2, 0.25) is 18.1 Å². The molecule has 3 N–H and O–H groups in total. The van der Waals surface area contributed by atoms with Crippen LogP contribution in [-0.2, 0) is 4.43 Å². The Hall–Kier alpha value is -1.35. The molecular weight excluding hydrogens is 360 g/mol. The smallest absolute Gasteiger partial charge is 0.251 e. The Morgan fingerprint density at radius 2 is 1.85 bits per heavy atom. The number of hydrogen-bond donors (Lipinski definition) is 3. The van der Waals surface area contributed by atoms with Crippen molar-refractivity contribution in [1.82, 2.24) is 5.32 Å². The van der Waals surface area contributed by atoms with E-state index in [0.29, 0.717) is 0 Å². The number of amides is 1. The van der Waals surface area contributed by atoms with Crippen LogP contribution < -0.4 is 5.32 Å². The molecule has 0 aliphatic carbocycles. The third kappa shape index (κ3) is 5.57. The van der Waals surface area contributed by atoms with Crippen molar-refractivity contribution in [3.63, 3.8) is 0 Å². The second-order valence-electron chi connectivity index (χ2n) is 7.97. The fourth-order valence-corrected chi connectivity index (χ4v) is 3.55. The minimum Gasteiger partial charge on any atom is -0.409 e. The van der Waals surface area contributed by atoms with Crippen LogP contribution in [0.25, 0.3) is 0 Å². The summed E-state index contributed by atoms with van der Waals surface area (Å²) in [6, 6.07) is 1.89. The van der Waals surface area contributed by atoms with Crippen molar-refractivity contribution in [2.45, 2.75) is 64.1 Å². The van der Waals surface area contributed by atoms with Gasteiger partial charge in [-0.2, -0.15) is 0 Å². The van der Waals surface area contributed by atoms with Crippen molar-refractivity contribution in [2.24, 2.45) is 0 Å². The zero-order valence-electron chi connectivity index (χ0n) is 16.1. The van der Waals surface area contributed by atoms with Gasteiger partial charge in [-0.05, 0) is 43.3 Å². The highest BCUT2D eigenvalue weighted by Crippen LogP contribution is 2.38. The van der Waals surface area contributed by atoms with Gasteiger partial charge in [0.2, 0.25) is 0 Å². The highest BCUT2D eigenvalue weighted by Gasteiger charge is 2.42. The number of benzene rings is 1. The molecule has 148 valence electrons. The first-order valence-corrected chi connectivity index (χ1v) is 11.4. The van der Waals surface area contributed by atoms with Gasteiger partial charge in [-0.25, -0.2) is 8.78 Å². The molecule has 0 heterocycles. The van der Waals surface area contributed by atoms with Gasteiger partial charge in [0.25, 0.3) is 5.91 Å². The Bertz CT molecular complexity index is 632. The molecule has 8 heteroatoms. The zero-order valence-corrected chi connectivity index (χ0v) is 17.1. The topological polar surface area (TPSA) is 78.8 Å². The van der Waals surface area contributed by atoms with E-state index in [-0.39, 0.29) is 10.6 Å². The first-order chi connectivity index (χ1) is 11.8. The highest BCUT2D eigenvalue weighted by molar-refractivity contribution is 6.74. The average Bonchev–Trinajstić information content (AvgIpc) is 2.51. The van der Waals surface area contributed by atoms with Crippen molar-refractivity contribution in [2.75, 3.05) is 6.61 Å². The van der Waals surface area contributed by atoms with Gasteiger partial charge in [0.1, 0.15) is 0 Å². The van der Waals surface area contributed by atoms with E-state index in [0.717, 1.165) is 18.2 Å². The van der Waals surface area contributed by atoms with E-state index >= 15 is 0 Å². The Morgan fingerprint density at radius 1 is 1.27 bits per heavy atom. The molecule has 0 fully saturated rings. The van der Waals surface area contributed by atoms with Crippen LogP contribution in [-0.4, -0.2) is 49.3 Å². The molecule has 1 amide bonds. The maximum atomic E-state index is 13.3. The number of halogens is 2. The van der Waals surface area contributed by atoms with E-state index in [2.05, 4.69) is 5.32 Å². The van der Waals surface area contributed by atoms with E-state index in [1.165, 1.54) is 6.92 Å². The fourth-order valence-electron chi connectivity index (χ4n) is 2.15. The normalized spacial score (nSPS) is 16.1. The fraction of sp³-hybridized carbons (Fsp3) is 0.611. The van der Waals surface area contributed by atoms with E-state index in [9.17, 15) is 23.8 Å². The summed E-state index contributed by atoms with van der Waals surface area (Å²) in [5.74, 6) is -2.88. The van der Waals surface area contributed by atoms with Gasteiger partial charge in [-0.3, -0.25) is 4.79 Å². The Labute approximate surface area is 154 Å². The summed E-state index contributed by atoms with van der Waals surface area (Å²) < 4.78 is 32.5. The third-order valence-corrected chi connectivity index (χ3v) is 9.28.